The monoisotopic (exact) mass is 316 g/mol. The molecule has 1 aromatic heterocycles. The smallest absolute Gasteiger partial charge is 0.0739 e. The maximum absolute atomic E-state index is 4.39. The van der Waals surface area contributed by atoms with Gasteiger partial charge in [-0.2, -0.15) is 5.10 Å². The zero-order valence-electron chi connectivity index (χ0n) is 12.0. The Morgan fingerprint density at radius 1 is 1.33 bits per heavy atom. The Bertz CT molecular complexity index is 358. The van der Waals surface area contributed by atoms with E-state index < -0.39 is 0 Å². The van der Waals surface area contributed by atoms with Crippen molar-refractivity contribution in [3.8, 4) is 0 Å². The summed E-state index contributed by atoms with van der Waals surface area (Å²) in [6.45, 7) is 11.8. The van der Waals surface area contributed by atoms with Gasteiger partial charge in [-0.1, -0.05) is 13.8 Å². The third kappa shape index (κ3) is 4.37. The second-order valence-corrected chi connectivity index (χ2v) is 5.32. The standard InChI is InChI=1S/C13H25BrN4/c1-5-18(6-2)9-7-8-15-10-12-13(14)11(3)16-17(12)4/h15H,5-10H2,1-4H3. The molecule has 104 valence electrons. The van der Waals surface area contributed by atoms with Crippen LogP contribution in [0.15, 0.2) is 4.47 Å². The molecule has 1 N–H and O–H groups in total. The van der Waals surface area contributed by atoms with E-state index in [1.165, 1.54) is 18.7 Å². The third-order valence-electron chi connectivity index (χ3n) is 3.28. The Labute approximate surface area is 119 Å². The summed E-state index contributed by atoms with van der Waals surface area (Å²) in [5.74, 6) is 0. The van der Waals surface area contributed by atoms with E-state index in [0.29, 0.717) is 0 Å². The molecule has 0 saturated heterocycles. The fourth-order valence-corrected chi connectivity index (χ4v) is 2.52. The molecule has 0 atom stereocenters. The summed E-state index contributed by atoms with van der Waals surface area (Å²) in [6.07, 6.45) is 1.19. The molecule has 0 fully saturated rings. The van der Waals surface area contributed by atoms with Gasteiger partial charge < -0.3 is 10.2 Å². The van der Waals surface area contributed by atoms with Gasteiger partial charge in [0.05, 0.1) is 15.9 Å². The van der Waals surface area contributed by atoms with Gasteiger partial charge in [-0.25, -0.2) is 0 Å². The molecule has 4 nitrogen and oxygen atoms in total. The molecular formula is C13H25BrN4. The Morgan fingerprint density at radius 3 is 2.50 bits per heavy atom. The molecule has 1 aromatic rings. The Hall–Kier alpha value is -0.390. The van der Waals surface area contributed by atoms with Crippen molar-refractivity contribution in [2.75, 3.05) is 26.2 Å². The van der Waals surface area contributed by atoms with Gasteiger partial charge in [0.15, 0.2) is 0 Å². The zero-order chi connectivity index (χ0) is 13.5. The molecule has 1 heterocycles. The topological polar surface area (TPSA) is 33.1 Å². The van der Waals surface area contributed by atoms with Crippen LogP contribution in [0.4, 0.5) is 0 Å². The molecule has 0 unspecified atom stereocenters. The molecule has 0 aliphatic rings. The van der Waals surface area contributed by atoms with Crippen LogP contribution in [-0.4, -0.2) is 40.9 Å². The Morgan fingerprint density at radius 2 is 2.00 bits per heavy atom. The molecule has 1 rings (SSSR count). The highest BCUT2D eigenvalue weighted by molar-refractivity contribution is 9.10. The predicted molar refractivity (Wildman–Crippen MR) is 79.8 cm³/mol. The van der Waals surface area contributed by atoms with Gasteiger partial charge in [0, 0.05) is 13.6 Å². The van der Waals surface area contributed by atoms with Gasteiger partial charge in [-0.15, -0.1) is 0 Å². The lowest BCUT2D eigenvalue weighted by Crippen LogP contribution is -2.27. The zero-order valence-corrected chi connectivity index (χ0v) is 13.5. The van der Waals surface area contributed by atoms with Crippen molar-refractivity contribution in [3.05, 3.63) is 15.9 Å². The first-order chi connectivity index (χ1) is 8.60. The van der Waals surface area contributed by atoms with Crippen molar-refractivity contribution < 1.29 is 0 Å². The van der Waals surface area contributed by atoms with Crippen LogP contribution in [0, 0.1) is 6.92 Å². The normalized spacial score (nSPS) is 11.4. The lowest BCUT2D eigenvalue weighted by molar-refractivity contribution is 0.297. The van der Waals surface area contributed by atoms with Crippen LogP contribution in [0.3, 0.4) is 0 Å². The molecule has 0 aromatic carbocycles. The molecule has 0 radical (unpaired) electrons. The largest absolute Gasteiger partial charge is 0.311 e. The van der Waals surface area contributed by atoms with Crippen LogP contribution >= 0.6 is 15.9 Å². The van der Waals surface area contributed by atoms with Gasteiger partial charge in [0.1, 0.15) is 0 Å². The van der Waals surface area contributed by atoms with E-state index in [1.54, 1.807) is 0 Å². The molecule has 0 aliphatic carbocycles. The summed E-state index contributed by atoms with van der Waals surface area (Å²) in [4.78, 5) is 2.45. The quantitative estimate of drug-likeness (QED) is 0.747. The first-order valence-electron chi connectivity index (χ1n) is 6.71. The average Bonchev–Trinajstić information content (AvgIpc) is 2.59. The molecule has 0 saturated carbocycles. The number of aromatic nitrogens is 2. The van der Waals surface area contributed by atoms with E-state index in [0.717, 1.165) is 36.3 Å². The molecule has 0 spiro atoms. The average molecular weight is 317 g/mol. The van der Waals surface area contributed by atoms with Crippen molar-refractivity contribution in [2.45, 2.75) is 33.7 Å². The minimum absolute atomic E-state index is 0.871. The molecular weight excluding hydrogens is 292 g/mol. The van der Waals surface area contributed by atoms with Gasteiger partial charge in [0.25, 0.3) is 0 Å². The highest BCUT2D eigenvalue weighted by atomic mass is 79.9. The maximum Gasteiger partial charge on any atom is 0.0739 e. The number of nitrogens with zero attached hydrogens (tertiary/aromatic N) is 3. The van der Waals surface area contributed by atoms with Gasteiger partial charge in [-0.3, -0.25) is 4.68 Å². The molecule has 5 heteroatoms. The van der Waals surface area contributed by atoms with Crippen LogP contribution in [0.1, 0.15) is 31.7 Å². The van der Waals surface area contributed by atoms with Gasteiger partial charge in [0.2, 0.25) is 0 Å². The van der Waals surface area contributed by atoms with Gasteiger partial charge in [-0.05, 0) is 55.5 Å². The van der Waals surface area contributed by atoms with Crippen LogP contribution in [-0.2, 0) is 13.6 Å². The summed E-state index contributed by atoms with van der Waals surface area (Å²) < 4.78 is 3.07. The number of nitrogens with one attached hydrogen (secondary N) is 1. The second-order valence-electron chi connectivity index (χ2n) is 4.53. The van der Waals surface area contributed by atoms with E-state index in [2.05, 4.69) is 45.1 Å². The highest BCUT2D eigenvalue weighted by Crippen LogP contribution is 2.19. The number of halogens is 1. The van der Waals surface area contributed by atoms with E-state index in [4.69, 9.17) is 0 Å². The van der Waals surface area contributed by atoms with Crippen molar-refractivity contribution in [1.82, 2.24) is 20.0 Å². The van der Waals surface area contributed by atoms with Crippen LogP contribution in [0.5, 0.6) is 0 Å². The minimum atomic E-state index is 0.871. The van der Waals surface area contributed by atoms with Gasteiger partial charge >= 0.3 is 0 Å². The molecule has 18 heavy (non-hydrogen) atoms. The summed E-state index contributed by atoms with van der Waals surface area (Å²) in [5, 5.41) is 7.87. The van der Waals surface area contributed by atoms with E-state index in [9.17, 15) is 0 Å². The fourth-order valence-electron chi connectivity index (χ4n) is 2.05. The summed E-state index contributed by atoms with van der Waals surface area (Å²) in [5.41, 5.74) is 2.27. The van der Waals surface area contributed by atoms with E-state index in [1.807, 2.05) is 18.7 Å². The second kappa shape index (κ2) is 7.92. The fraction of sp³-hybridized carbons (Fsp3) is 0.769. The molecule has 0 amide bonds. The first-order valence-corrected chi connectivity index (χ1v) is 7.50. The summed E-state index contributed by atoms with van der Waals surface area (Å²) >= 11 is 3.58. The van der Waals surface area contributed by atoms with Crippen LogP contribution in [0.2, 0.25) is 0 Å². The summed E-state index contributed by atoms with van der Waals surface area (Å²) in [6, 6.07) is 0. The molecule has 0 bridgehead atoms. The van der Waals surface area contributed by atoms with Crippen molar-refractivity contribution in [3.63, 3.8) is 0 Å². The van der Waals surface area contributed by atoms with Crippen molar-refractivity contribution in [1.29, 1.82) is 0 Å². The minimum Gasteiger partial charge on any atom is -0.311 e. The van der Waals surface area contributed by atoms with Crippen LogP contribution < -0.4 is 5.32 Å². The van der Waals surface area contributed by atoms with Crippen molar-refractivity contribution in [2.24, 2.45) is 7.05 Å². The molecule has 0 aliphatic heterocycles. The lowest BCUT2D eigenvalue weighted by Gasteiger charge is -2.17. The van der Waals surface area contributed by atoms with Crippen LogP contribution in [0.25, 0.3) is 0 Å². The Kier molecular flexibility index (Phi) is 6.89. The van der Waals surface area contributed by atoms with E-state index in [-0.39, 0.29) is 0 Å². The first kappa shape index (κ1) is 15.7. The highest BCUT2D eigenvalue weighted by Gasteiger charge is 2.09. The third-order valence-corrected chi connectivity index (χ3v) is 4.31. The predicted octanol–water partition coefficient (Wildman–Crippen LogP) is 2.31. The SMILES string of the molecule is CCN(CC)CCCNCc1c(Br)c(C)nn1C. The number of aryl methyl sites for hydroxylation is 2. The summed E-state index contributed by atoms with van der Waals surface area (Å²) in [7, 11) is 1.99. The Balaban J connectivity index is 2.26. The number of hydrogen-bond donors (Lipinski definition) is 1. The number of hydrogen-bond acceptors (Lipinski definition) is 3. The van der Waals surface area contributed by atoms with E-state index >= 15 is 0 Å². The number of rotatable bonds is 8. The maximum atomic E-state index is 4.39. The van der Waals surface area contributed by atoms with Crippen molar-refractivity contribution >= 4 is 15.9 Å². The lowest BCUT2D eigenvalue weighted by atomic mass is 10.3.